The fourth-order valence-corrected chi connectivity index (χ4v) is 6.92. The molecule has 0 radical (unpaired) electrons. The lowest BCUT2D eigenvalue weighted by Crippen LogP contribution is -2.33. The van der Waals surface area contributed by atoms with E-state index in [9.17, 15) is 9.59 Å². The van der Waals surface area contributed by atoms with Crippen LogP contribution in [0.2, 0.25) is 0 Å². The Morgan fingerprint density at radius 1 is 1.18 bits per heavy atom. The lowest BCUT2D eigenvalue weighted by atomic mass is 10.2. The van der Waals surface area contributed by atoms with Gasteiger partial charge in [-0.15, -0.1) is 11.3 Å². The number of nitrogens with zero attached hydrogens (tertiary/aromatic N) is 2. The van der Waals surface area contributed by atoms with Gasteiger partial charge >= 0.3 is 0 Å². The predicted octanol–water partition coefficient (Wildman–Crippen LogP) is 2.89. The van der Waals surface area contributed by atoms with Crippen LogP contribution in [0.25, 0.3) is 10.2 Å². The van der Waals surface area contributed by atoms with Gasteiger partial charge in [-0.25, -0.2) is 4.98 Å². The Morgan fingerprint density at radius 3 is 2.96 bits per heavy atom. The van der Waals surface area contributed by atoms with E-state index in [1.807, 2.05) is 0 Å². The predicted molar refractivity (Wildman–Crippen MR) is 111 cm³/mol. The van der Waals surface area contributed by atoms with Gasteiger partial charge in [0.15, 0.2) is 5.16 Å². The molecule has 0 spiro atoms. The molecule has 2 saturated heterocycles. The number of hydrogen-bond acceptors (Lipinski definition) is 6. The maximum atomic E-state index is 13.5. The molecule has 1 aliphatic carbocycles. The zero-order chi connectivity index (χ0) is 19.1. The van der Waals surface area contributed by atoms with E-state index in [1.165, 1.54) is 22.2 Å². The number of thioether (sulfide) groups is 1. The second-order valence-electron chi connectivity index (χ2n) is 7.88. The molecule has 1 N–H and O–H groups in total. The second kappa shape index (κ2) is 7.80. The molecule has 6 nitrogen and oxygen atoms in total. The molecule has 1 amide bonds. The number of ether oxygens (including phenoxy) is 1. The summed E-state index contributed by atoms with van der Waals surface area (Å²) in [5, 5.41) is 4.29. The maximum absolute atomic E-state index is 13.5. The maximum Gasteiger partial charge on any atom is 0.263 e. The number of nitrogens with one attached hydrogen (secondary N) is 1. The van der Waals surface area contributed by atoms with Gasteiger partial charge in [0.05, 0.1) is 23.3 Å². The van der Waals surface area contributed by atoms with Crippen LogP contribution < -0.4 is 10.9 Å². The molecule has 0 unspecified atom stereocenters. The molecule has 28 heavy (non-hydrogen) atoms. The lowest BCUT2D eigenvalue weighted by molar-refractivity contribution is -0.120. The van der Waals surface area contributed by atoms with Crippen molar-refractivity contribution in [2.45, 2.75) is 74.4 Å². The number of aryl methyl sites for hydroxylation is 2. The number of amides is 1. The number of carbonyl (C=O) groups excluding carboxylic acids is 1. The number of rotatable bonds is 4. The van der Waals surface area contributed by atoms with E-state index in [-0.39, 0.29) is 22.8 Å². The molecule has 4 heterocycles. The van der Waals surface area contributed by atoms with Crippen molar-refractivity contribution in [3.05, 3.63) is 20.8 Å². The van der Waals surface area contributed by atoms with E-state index in [1.54, 1.807) is 15.9 Å². The van der Waals surface area contributed by atoms with E-state index in [0.717, 1.165) is 74.7 Å². The first-order valence-electron chi connectivity index (χ1n) is 10.3. The third-order valence-electron chi connectivity index (χ3n) is 5.93. The Bertz CT molecular complexity index is 962. The SMILES string of the molecule is O=C1NCCCC[C@@H]1Sc1nc2sc3c(c2c(=O)n1C[C@H]1CCCO1)CCC3. The van der Waals surface area contributed by atoms with Crippen LogP contribution in [0.1, 0.15) is 49.0 Å². The van der Waals surface area contributed by atoms with Crippen LogP contribution in [0.4, 0.5) is 0 Å². The van der Waals surface area contributed by atoms with Crippen LogP contribution in [0.5, 0.6) is 0 Å². The highest BCUT2D eigenvalue weighted by atomic mass is 32.2. The highest BCUT2D eigenvalue weighted by molar-refractivity contribution is 8.00. The molecule has 0 bridgehead atoms. The lowest BCUT2D eigenvalue weighted by Gasteiger charge is -2.18. The summed E-state index contributed by atoms with van der Waals surface area (Å²) < 4.78 is 7.61. The minimum atomic E-state index is -0.186. The van der Waals surface area contributed by atoms with Crippen LogP contribution in [0.15, 0.2) is 9.95 Å². The molecule has 3 aliphatic rings. The minimum absolute atomic E-state index is 0.0523. The van der Waals surface area contributed by atoms with Crippen LogP contribution in [-0.4, -0.2) is 40.0 Å². The van der Waals surface area contributed by atoms with Crippen molar-refractivity contribution >= 4 is 39.2 Å². The summed E-state index contributed by atoms with van der Waals surface area (Å²) >= 11 is 3.12. The summed E-state index contributed by atoms with van der Waals surface area (Å²) in [7, 11) is 0. The Labute approximate surface area is 172 Å². The van der Waals surface area contributed by atoms with Crippen LogP contribution in [0.3, 0.4) is 0 Å². The monoisotopic (exact) mass is 419 g/mol. The molecule has 5 rings (SSSR count). The van der Waals surface area contributed by atoms with E-state index in [2.05, 4.69) is 5.32 Å². The molecule has 2 aliphatic heterocycles. The molecule has 2 fully saturated rings. The van der Waals surface area contributed by atoms with Crippen molar-refractivity contribution in [1.29, 1.82) is 0 Å². The molecule has 2 aromatic heterocycles. The van der Waals surface area contributed by atoms with E-state index in [4.69, 9.17) is 9.72 Å². The summed E-state index contributed by atoms with van der Waals surface area (Å²) in [5.41, 5.74) is 1.26. The molecular formula is C20H25N3O3S2. The first kappa shape index (κ1) is 18.6. The first-order chi connectivity index (χ1) is 13.7. The molecule has 8 heteroatoms. The molecule has 150 valence electrons. The van der Waals surface area contributed by atoms with Gasteiger partial charge in [0.25, 0.3) is 5.56 Å². The van der Waals surface area contributed by atoms with E-state index >= 15 is 0 Å². The summed E-state index contributed by atoms with van der Waals surface area (Å²) in [4.78, 5) is 33.0. The van der Waals surface area contributed by atoms with Crippen molar-refractivity contribution in [3.8, 4) is 0 Å². The smallest absolute Gasteiger partial charge is 0.263 e. The number of hydrogen-bond donors (Lipinski definition) is 1. The van der Waals surface area contributed by atoms with Crippen molar-refractivity contribution < 1.29 is 9.53 Å². The van der Waals surface area contributed by atoms with Gasteiger partial charge in [0.2, 0.25) is 5.91 Å². The molecule has 0 aromatic carbocycles. The summed E-state index contributed by atoms with van der Waals surface area (Å²) in [6.07, 6.45) is 8.07. The normalized spacial score (nSPS) is 25.1. The van der Waals surface area contributed by atoms with Crippen LogP contribution in [0, 0.1) is 0 Å². The highest BCUT2D eigenvalue weighted by Gasteiger charge is 2.29. The summed E-state index contributed by atoms with van der Waals surface area (Å²) in [6, 6.07) is 0. The Morgan fingerprint density at radius 2 is 2.11 bits per heavy atom. The third kappa shape index (κ3) is 3.39. The van der Waals surface area contributed by atoms with E-state index in [0.29, 0.717) is 11.7 Å². The van der Waals surface area contributed by atoms with Crippen molar-refractivity contribution in [2.24, 2.45) is 0 Å². The fraction of sp³-hybridized carbons (Fsp3) is 0.650. The number of carbonyl (C=O) groups is 1. The average Bonchev–Trinajstić information content (AvgIpc) is 3.37. The number of aromatic nitrogens is 2. The largest absolute Gasteiger partial charge is 0.376 e. The van der Waals surface area contributed by atoms with Crippen molar-refractivity contribution in [3.63, 3.8) is 0 Å². The minimum Gasteiger partial charge on any atom is -0.376 e. The first-order valence-corrected chi connectivity index (χ1v) is 12.0. The number of thiophene rings is 1. The van der Waals surface area contributed by atoms with Crippen molar-refractivity contribution in [1.82, 2.24) is 14.9 Å². The molecule has 2 atom stereocenters. The van der Waals surface area contributed by atoms with Gasteiger partial charge in [-0.2, -0.15) is 0 Å². The van der Waals surface area contributed by atoms with E-state index < -0.39 is 0 Å². The molecular weight excluding hydrogens is 394 g/mol. The second-order valence-corrected chi connectivity index (χ2v) is 10.1. The van der Waals surface area contributed by atoms with Crippen molar-refractivity contribution in [2.75, 3.05) is 13.2 Å². The van der Waals surface area contributed by atoms with Gasteiger partial charge in [-0.3, -0.25) is 14.2 Å². The van der Waals surface area contributed by atoms with Gasteiger partial charge in [0.1, 0.15) is 4.83 Å². The Balaban J connectivity index is 1.57. The fourth-order valence-electron chi connectivity index (χ4n) is 4.45. The van der Waals surface area contributed by atoms with Gasteiger partial charge in [-0.05, 0) is 50.5 Å². The van der Waals surface area contributed by atoms with Crippen LogP contribution in [-0.2, 0) is 28.9 Å². The van der Waals surface area contributed by atoms with Gasteiger partial charge < -0.3 is 10.1 Å². The zero-order valence-electron chi connectivity index (χ0n) is 15.9. The zero-order valence-corrected chi connectivity index (χ0v) is 17.5. The topological polar surface area (TPSA) is 73.2 Å². The average molecular weight is 420 g/mol. The summed E-state index contributed by atoms with van der Waals surface area (Å²) in [5.74, 6) is 0.0641. The summed E-state index contributed by atoms with van der Waals surface area (Å²) in [6.45, 7) is 2.03. The highest BCUT2D eigenvalue weighted by Crippen LogP contribution is 2.36. The third-order valence-corrected chi connectivity index (χ3v) is 8.37. The molecule has 0 saturated carbocycles. The van der Waals surface area contributed by atoms with Gasteiger partial charge in [-0.1, -0.05) is 18.2 Å². The van der Waals surface area contributed by atoms with Gasteiger partial charge in [0, 0.05) is 18.0 Å². The Hall–Kier alpha value is -1.38. The quantitative estimate of drug-likeness (QED) is 0.772. The standard InChI is InChI=1S/C20H25N3O3S2/c24-17-15(7-1-2-9-21-17)28-20-22-18-16(13-6-3-8-14(13)27-18)19(25)23(20)11-12-5-4-10-26-12/h12,15H,1-11H2,(H,21,24)/t12-,15+/m1/s1. The Kier molecular flexibility index (Phi) is 5.19. The number of fused-ring (bicyclic) bond motifs is 3. The van der Waals surface area contributed by atoms with Crippen LogP contribution >= 0.6 is 23.1 Å². The molecule has 2 aromatic rings.